The molecule has 2 aromatic carbocycles. The van der Waals surface area contributed by atoms with E-state index < -0.39 is 22.1 Å². The van der Waals surface area contributed by atoms with Crippen LogP contribution in [-0.2, 0) is 10.0 Å². The van der Waals surface area contributed by atoms with E-state index in [2.05, 4.69) is 4.74 Å². The van der Waals surface area contributed by atoms with Crippen LogP contribution in [0.25, 0.3) is 0 Å². The van der Waals surface area contributed by atoms with Gasteiger partial charge in [-0.15, -0.1) is 13.2 Å². The third-order valence-corrected chi connectivity index (χ3v) is 6.73. The Morgan fingerprint density at radius 3 is 2.28 bits per heavy atom. The van der Waals surface area contributed by atoms with Crippen LogP contribution in [-0.4, -0.2) is 38.0 Å². The van der Waals surface area contributed by atoms with E-state index in [1.165, 1.54) is 16.4 Å². The van der Waals surface area contributed by atoms with Gasteiger partial charge < -0.3 is 4.74 Å². The Kier molecular flexibility index (Phi) is 6.00. The van der Waals surface area contributed by atoms with Crippen LogP contribution in [0.15, 0.2) is 53.4 Å². The maximum Gasteiger partial charge on any atom is 0.573 e. The zero-order valence-electron chi connectivity index (χ0n) is 15.6. The Balaban J connectivity index is 1.69. The minimum Gasteiger partial charge on any atom is -0.406 e. The standard InChI is InChI=1S/C20H20F3NO4S/c1-14-5-7-15(8-6-14)19(25)16-9-11-24(12-10-16)29(26,27)18-4-2-3-17(13-18)28-20(21,22)23/h2-8,13,16H,9-12H2,1H3. The number of rotatable bonds is 5. The highest BCUT2D eigenvalue weighted by Gasteiger charge is 2.34. The molecule has 1 fully saturated rings. The summed E-state index contributed by atoms with van der Waals surface area (Å²) < 4.78 is 67.8. The van der Waals surface area contributed by atoms with Crippen LogP contribution in [0.3, 0.4) is 0 Å². The smallest absolute Gasteiger partial charge is 0.406 e. The first-order valence-corrected chi connectivity index (χ1v) is 10.5. The second kappa shape index (κ2) is 8.16. The van der Waals surface area contributed by atoms with E-state index >= 15 is 0 Å². The number of piperidine rings is 1. The highest BCUT2D eigenvalue weighted by molar-refractivity contribution is 7.89. The number of nitrogens with zero attached hydrogens (tertiary/aromatic N) is 1. The number of Topliss-reactive ketones (excluding diaryl/α,β-unsaturated/α-hetero) is 1. The number of ketones is 1. The Bertz CT molecular complexity index is 980. The lowest BCUT2D eigenvalue weighted by molar-refractivity contribution is -0.274. The van der Waals surface area contributed by atoms with Crippen molar-refractivity contribution in [3.8, 4) is 5.75 Å². The van der Waals surface area contributed by atoms with Crippen LogP contribution in [0.2, 0.25) is 0 Å². The first kappa shape index (κ1) is 21.3. The third-order valence-electron chi connectivity index (χ3n) is 4.84. The van der Waals surface area contributed by atoms with Gasteiger partial charge in [0.1, 0.15) is 5.75 Å². The average Bonchev–Trinajstić information content (AvgIpc) is 2.67. The fourth-order valence-electron chi connectivity index (χ4n) is 3.29. The zero-order valence-corrected chi connectivity index (χ0v) is 16.5. The first-order chi connectivity index (χ1) is 13.6. The predicted octanol–water partition coefficient (Wildman–Crippen LogP) is 4.18. The molecule has 0 unspecified atom stereocenters. The average molecular weight is 427 g/mol. The highest BCUT2D eigenvalue weighted by atomic mass is 32.2. The molecule has 5 nitrogen and oxygen atoms in total. The molecule has 0 radical (unpaired) electrons. The summed E-state index contributed by atoms with van der Waals surface area (Å²) in [6, 6.07) is 11.5. The normalized spacial score (nSPS) is 16.6. The molecular weight excluding hydrogens is 407 g/mol. The van der Waals surface area contributed by atoms with Crippen molar-refractivity contribution in [1.29, 1.82) is 0 Å². The lowest BCUT2D eigenvalue weighted by atomic mass is 9.89. The summed E-state index contributed by atoms with van der Waals surface area (Å²) in [5.74, 6) is -0.908. The van der Waals surface area contributed by atoms with Gasteiger partial charge in [0.15, 0.2) is 5.78 Å². The van der Waals surface area contributed by atoms with Crippen LogP contribution >= 0.6 is 0 Å². The van der Waals surface area contributed by atoms with Crippen molar-refractivity contribution in [1.82, 2.24) is 4.31 Å². The number of hydrogen-bond donors (Lipinski definition) is 0. The van der Waals surface area contributed by atoms with E-state index in [1.54, 1.807) is 12.1 Å². The molecule has 29 heavy (non-hydrogen) atoms. The van der Waals surface area contributed by atoms with Gasteiger partial charge in [-0.1, -0.05) is 35.9 Å². The van der Waals surface area contributed by atoms with Gasteiger partial charge in [0.2, 0.25) is 10.0 Å². The van der Waals surface area contributed by atoms with Gasteiger partial charge in [-0.25, -0.2) is 8.42 Å². The number of ether oxygens (including phenoxy) is 1. The number of halogens is 3. The first-order valence-electron chi connectivity index (χ1n) is 9.03. The van der Waals surface area contributed by atoms with Crippen molar-refractivity contribution in [3.63, 3.8) is 0 Å². The molecule has 1 saturated heterocycles. The fourth-order valence-corrected chi connectivity index (χ4v) is 4.80. The Hall–Kier alpha value is -2.39. The highest BCUT2D eigenvalue weighted by Crippen LogP contribution is 2.29. The van der Waals surface area contributed by atoms with Gasteiger partial charge in [0.05, 0.1) is 4.90 Å². The minimum atomic E-state index is -4.91. The van der Waals surface area contributed by atoms with Gasteiger partial charge in [-0.3, -0.25) is 4.79 Å². The lowest BCUT2D eigenvalue weighted by Crippen LogP contribution is -2.40. The maximum absolute atomic E-state index is 12.8. The predicted molar refractivity (Wildman–Crippen MR) is 100 cm³/mol. The van der Waals surface area contributed by atoms with E-state index in [0.29, 0.717) is 18.4 Å². The van der Waals surface area contributed by atoms with Gasteiger partial charge in [-0.05, 0) is 31.9 Å². The molecule has 0 bridgehead atoms. The molecular formula is C20H20F3NO4S. The molecule has 0 spiro atoms. The van der Waals surface area contributed by atoms with E-state index in [0.717, 1.165) is 17.7 Å². The fraction of sp³-hybridized carbons (Fsp3) is 0.350. The van der Waals surface area contributed by atoms with E-state index in [-0.39, 0.29) is 29.7 Å². The summed E-state index contributed by atoms with van der Waals surface area (Å²) in [5, 5.41) is 0. The van der Waals surface area contributed by atoms with Crippen molar-refractivity contribution >= 4 is 15.8 Å². The molecule has 0 saturated carbocycles. The monoisotopic (exact) mass is 427 g/mol. The van der Waals surface area contributed by atoms with Crippen molar-refractivity contribution < 1.29 is 31.1 Å². The van der Waals surface area contributed by atoms with Crippen LogP contribution in [0, 0.1) is 12.8 Å². The minimum absolute atomic E-state index is 0.0253. The molecule has 0 N–H and O–H groups in total. The molecule has 2 aromatic rings. The van der Waals surface area contributed by atoms with Gasteiger partial charge in [0.25, 0.3) is 0 Å². The number of carbonyl (C=O) groups excluding carboxylic acids is 1. The SMILES string of the molecule is Cc1ccc(C(=O)C2CCN(S(=O)(=O)c3cccc(OC(F)(F)F)c3)CC2)cc1. The molecule has 9 heteroatoms. The van der Waals surface area contributed by atoms with Crippen molar-refractivity contribution in [3.05, 3.63) is 59.7 Å². The summed E-state index contributed by atoms with van der Waals surface area (Å²) in [6.07, 6.45) is -4.20. The molecule has 156 valence electrons. The molecule has 1 aliphatic rings. The second-order valence-corrected chi connectivity index (χ2v) is 8.87. The van der Waals surface area contributed by atoms with Gasteiger partial charge in [0, 0.05) is 30.6 Å². The van der Waals surface area contributed by atoms with Crippen molar-refractivity contribution in [2.75, 3.05) is 13.1 Å². The summed E-state index contributed by atoms with van der Waals surface area (Å²) in [6.45, 7) is 2.16. The molecule has 0 atom stereocenters. The van der Waals surface area contributed by atoms with Gasteiger partial charge >= 0.3 is 6.36 Å². The van der Waals surface area contributed by atoms with Crippen molar-refractivity contribution in [2.45, 2.75) is 31.0 Å². The number of aryl methyl sites for hydroxylation is 1. The number of carbonyl (C=O) groups is 1. The number of sulfonamides is 1. The van der Waals surface area contributed by atoms with E-state index in [1.807, 2.05) is 19.1 Å². The molecule has 0 aromatic heterocycles. The summed E-state index contributed by atoms with van der Waals surface area (Å²) in [5.41, 5.74) is 1.63. The lowest BCUT2D eigenvalue weighted by Gasteiger charge is -2.30. The van der Waals surface area contributed by atoms with Crippen LogP contribution in [0.5, 0.6) is 5.75 Å². The quantitative estimate of drug-likeness (QED) is 0.672. The Morgan fingerprint density at radius 1 is 1.07 bits per heavy atom. The molecule has 1 aliphatic heterocycles. The topological polar surface area (TPSA) is 63.7 Å². The molecule has 1 heterocycles. The van der Waals surface area contributed by atoms with Crippen LogP contribution in [0.4, 0.5) is 13.2 Å². The molecule has 0 amide bonds. The summed E-state index contributed by atoms with van der Waals surface area (Å²) in [7, 11) is -3.98. The third kappa shape index (κ3) is 5.16. The maximum atomic E-state index is 12.8. The second-order valence-electron chi connectivity index (χ2n) is 6.93. The zero-order chi connectivity index (χ0) is 21.2. The Labute approximate surface area is 167 Å². The van der Waals surface area contributed by atoms with E-state index in [4.69, 9.17) is 0 Å². The van der Waals surface area contributed by atoms with Crippen LogP contribution in [0.1, 0.15) is 28.8 Å². The summed E-state index contributed by atoms with van der Waals surface area (Å²) >= 11 is 0. The number of alkyl halides is 3. The van der Waals surface area contributed by atoms with Crippen molar-refractivity contribution in [2.24, 2.45) is 5.92 Å². The van der Waals surface area contributed by atoms with Gasteiger partial charge in [-0.2, -0.15) is 4.31 Å². The molecule has 3 rings (SSSR count). The largest absolute Gasteiger partial charge is 0.573 e. The number of hydrogen-bond acceptors (Lipinski definition) is 4. The molecule has 0 aliphatic carbocycles. The Morgan fingerprint density at radius 2 is 1.69 bits per heavy atom. The van der Waals surface area contributed by atoms with E-state index in [9.17, 15) is 26.4 Å². The summed E-state index contributed by atoms with van der Waals surface area (Å²) in [4.78, 5) is 12.3. The number of benzene rings is 2. The van der Waals surface area contributed by atoms with Crippen LogP contribution < -0.4 is 4.74 Å².